The fourth-order valence-electron chi connectivity index (χ4n) is 2.07. The molecule has 0 heterocycles. The molecule has 1 aromatic carbocycles. The minimum atomic E-state index is -3.40. The molecule has 3 nitrogen and oxygen atoms in total. The van der Waals surface area contributed by atoms with Crippen LogP contribution in [0.25, 0.3) is 0 Å². The maximum absolute atomic E-state index is 12.3. The number of nitrogens with one attached hydrogen (secondary N) is 1. The van der Waals surface area contributed by atoms with Crippen molar-refractivity contribution >= 4 is 10.0 Å². The van der Waals surface area contributed by atoms with E-state index < -0.39 is 10.0 Å². The quantitative estimate of drug-likeness (QED) is 0.869. The number of rotatable bonds is 6. The number of aryl methyl sites for hydroxylation is 2. The summed E-state index contributed by atoms with van der Waals surface area (Å²) in [5, 5.41) is 0. The third kappa shape index (κ3) is 4.96. The highest BCUT2D eigenvalue weighted by Gasteiger charge is 2.19. The second-order valence-corrected chi connectivity index (χ2v) is 7.44. The van der Waals surface area contributed by atoms with E-state index in [4.69, 9.17) is 0 Å². The van der Waals surface area contributed by atoms with Crippen molar-refractivity contribution in [3.63, 3.8) is 0 Å². The first-order valence-electron chi connectivity index (χ1n) is 6.82. The van der Waals surface area contributed by atoms with Crippen molar-refractivity contribution in [3.8, 4) is 0 Å². The monoisotopic (exact) mass is 283 g/mol. The summed E-state index contributed by atoms with van der Waals surface area (Å²) in [6, 6.07) is 5.38. The van der Waals surface area contributed by atoms with Gasteiger partial charge in [0, 0.05) is 6.04 Å². The highest BCUT2D eigenvalue weighted by Crippen LogP contribution is 2.17. The van der Waals surface area contributed by atoms with Gasteiger partial charge in [-0.2, -0.15) is 0 Å². The van der Waals surface area contributed by atoms with Gasteiger partial charge in [0.2, 0.25) is 10.0 Å². The third-order valence-corrected chi connectivity index (χ3v) is 4.90. The SMILES string of the molecule is Cc1ccc(S(=O)(=O)NC(C)CCC(C)C)c(C)c1. The molecule has 0 aromatic heterocycles. The maximum atomic E-state index is 12.3. The second-order valence-electron chi connectivity index (χ2n) is 5.76. The molecule has 19 heavy (non-hydrogen) atoms. The predicted molar refractivity (Wildman–Crippen MR) is 79.8 cm³/mol. The van der Waals surface area contributed by atoms with E-state index in [0.717, 1.165) is 24.0 Å². The summed E-state index contributed by atoms with van der Waals surface area (Å²) in [5.74, 6) is 0.591. The topological polar surface area (TPSA) is 46.2 Å². The number of hydrogen-bond donors (Lipinski definition) is 1. The highest BCUT2D eigenvalue weighted by atomic mass is 32.2. The molecule has 1 atom stereocenters. The Morgan fingerprint density at radius 3 is 2.26 bits per heavy atom. The van der Waals surface area contributed by atoms with Gasteiger partial charge in [-0.1, -0.05) is 31.5 Å². The molecule has 4 heteroatoms. The van der Waals surface area contributed by atoms with Crippen LogP contribution >= 0.6 is 0 Å². The van der Waals surface area contributed by atoms with Gasteiger partial charge >= 0.3 is 0 Å². The zero-order valence-corrected chi connectivity index (χ0v) is 13.3. The summed E-state index contributed by atoms with van der Waals surface area (Å²) in [7, 11) is -3.40. The molecule has 1 rings (SSSR count). The van der Waals surface area contributed by atoms with Crippen LogP contribution in [-0.4, -0.2) is 14.5 Å². The second kappa shape index (κ2) is 6.53. The summed E-state index contributed by atoms with van der Waals surface area (Å²) in [4.78, 5) is 0.384. The van der Waals surface area contributed by atoms with E-state index in [9.17, 15) is 8.42 Å². The van der Waals surface area contributed by atoms with Crippen molar-refractivity contribution in [2.45, 2.75) is 58.4 Å². The van der Waals surface area contributed by atoms with Crippen LogP contribution in [0.5, 0.6) is 0 Å². The van der Waals surface area contributed by atoms with Gasteiger partial charge in [0.1, 0.15) is 0 Å². The summed E-state index contributed by atoms with van der Waals surface area (Å²) >= 11 is 0. The molecule has 0 fully saturated rings. The van der Waals surface area contributed by atoms with Crippen molar-refractivity contribution in [2.24, 2.45) is 5.92 Å². The largest absolute Gasteiger partial charge is 0.241 e. The van der Waals surface area contributed by atoms with Gasteiger partial charge < -0.3 is 0 Å². The first kappa shape index (κ1) is 16.2. The van der Waals surface area contributed by atoms with Crippen LogP contribution in [0.2, 0.25) is 0 Å². The van der Waals surface area contributed by atoms with Crippen LogP contribution in [0.3, 0.4) is 0 Å². The summed E-state index contributed by atoms with van der Waals surface area (Å²) in [6.07, 6.45) is 1.89. The molecule has 0 aliphatic carbocycles. The fourth-order valence-corrected chi connectivity index (χ4v) is 3.58. The zero-order chi connectivity index (χ0) is 14.6. The van der Waals surface area contributed by atoms with Crippen LogP contribution < -0.4 is 4.72 Å². The van der Waals surface area contributed by atoms with E-state index in [0.29, 0.717) is 10.8 Å². The smallest absolute Gasteiger partial charge is 0.208 e. The van der Waals surface area contributed by atoms with Crippen LogP contribution in [0.15, 0.2) is 23.1 Å². The molecule has 0 radical (unpaired) electrons. The lowest BCUT2D eigenvalue weighted by molar-refractivity contribution is 0.485. The minimum Gasteiger partial charge on any atom is -0.208 e. The summed E-state index contributed by atoms with van der Waals surface area (Å²) in [5.41, 5.74) is 1.87. The van der Waals surface area contributed by atoms with Gasteiger partial charge in [0.15, 0.2) is 0 Å². The predicted octanol–water partition coefficient (Wildman–Crippen LogP) is 3.41. The van der Waals surface area contributed by atoms with Gasteiger partial charge in [-0.25, -0.2) is 13.1 Å². The fraction of sp³-hybridized carbons (Fsp3) is 0.600. The van der Waals surface area contributed by atoms with E-state index in [2.05, 4.69) is 18.6 Å². The number of sulfonamides is 1. The average Bonchev–Trinajstić information content (AvgIpc) is 2.25. The Bertz CT molecular complexity index is 521. The molecular formula is C15H25NO2S. The molecule has 0 bridgehead atoms. The summed E-state index contributed by atoms with van der Waals surface area (Å²) < 4.78 is 27.4. The summed E-state index contributed by atoms with van der Waals surface area (Å²) in [6.45, 7) is 10.0. The molecule has 0 spiro atoms. The van der Waals surface area contributed by atoms with Gasteiger partial charge in [0.25, 0.3) is 0 Å². The van der Waals surface area contributed by atoms with Crippen molar-refractivity contribution < 1.29 is 8.42 Å². The third-order valence-electron chi connectivity index (χ3n) is 3.15. The van der Waals surface area contributed by atoms with Crippen LogP contribution in [0, 0.1) is 19.8 Å². The minimum absolute atomic E-state index is 0.0342. The first-order valence-corrected chi connectivity index (χ1v) is 8.30. The Balaban J connectivity index is 2.81. The molecule has 1 aromatic rings. The Kier molecular flexibility index (Phi) is 5.56. The van der Waals surface area contributed by atoms with E-state index >= 15 is 0 Å². The molecule has 108 valence electrons. The molecule has 1 unspecified atom stereocenters. The van der Waals surface area contributed by atoms with Crippen molar-refractivity contribution in [3.05, 3.63) is 29.3 Å². The standard InChI is InChI=1S/C15H25NO2S/c1-11(2)6-8-14(5)16-19(17,18)15-9-7-12(3)10-13(15)4/h7,9-11,14,16H,6,8H2,1-5H3. The van der Waals surface area contributed by atoms with E-state index in [1.54, 1.807) is 6.07 Å². The Hall–Kier alpha value is -0.870. The van der Waals surface area contributed by atoms with Crippen molar-refractivity contribution in [1.82, 2.24) is 4.72 Å². The van der Waals surface area contributed by atoms with E-state index in [-0.39, 0.29) is 6.04 Å². The first-order chi connectivity index (χ1) is 8.72. The lowest BCUT2D eigenvalue weighted by atomic mass is 10.1. The van der Waals surface area contributed by atoms with Gasteiger partial charge in [-0.15, -0.1) is 0 Å². The van der Waals surface area contributed by atoms with E-state index in [1.165, 1.54) is 0 Å². The van der Waals surface area contributed by atoms with Gasteiger partial charge in [-0.3, -0.25) is 0 Å². The lowest BCUT2D eigenvalue weighted by Crippen LogP contribution is -2.33. The molecule has 1 N–H and O–H groups in total. The Morgan fingerprint density at radius 1 is 1.11 bits per heavy atom. The molecule has 0 saturated carbocycles. The zero-order valence-electron chi connectivity index (χ0n) is 12.5. The van der Waals surface area contributed by atoms with Crippen LogP contribution in [-0.2, 0) is 10.0 Å². The van der Waals surface area contributed by atoms with Crippen molar-refractivity contribution in [2.75, 3.05) is 0 Å². The van der Waals surface area contributed by atoms with Gasteiger partial charge in [-0.05, 0) is 51.2 Å². The van der Waals surface area contributed by atoms with E-state index in [1.807, 2.05) is 32.9 Å². The highest BCUT2D eigenvalue weighted by molar-refractivity contribution is 7.89. The maximum Gasteiger partial charge on any atom is 0.241 e. The molecule has 0 aliphatic heterocycles. The average molecular weight is 283 g/mol. The van der Waals surface area contributed by atoms with Crippen molar-refractivity contribution in [1.29, 1.82) is 0 Å². The van der Waals surface area contributed by atoms with Crippen LogP contribution in [0.4, 0.5) is 0 Å². The Morgan fingerprint density at radius 2 is 1.74 bits per heavy atom. The molecular weight excluding hydrogens is 258 g/mol. The normalized spacial score (nSPS) is 13.8. The number of hydrogen-bond acceptors (Lipinski definition) is 2. The Labute approximate surface area is 117 Å². The van der Waals surface area contributed by atoms with Gasteiger partial charge in [0.05, 0.1) is 4.90 Å². The molecule has 0 amide bonds. The number of benzene rings is 1. The molecule has 0 aliphatic rings. The lowest BCUT2D eigenvalue weighted by Gasteiger charge is -2.16. The van der Waals surface area contributed by atoms with Crippen LogP contribution in [0.1, 0.15) is 44.7 Å². The molecule has 0 saturated heterocycles.